The molecule has 0 saturated heterocycles. The molecule has 1 aliphatic rings. The summed E-state index contributed by atoms with van der Waals surface area (Å²) in [7, 11) is 0. The van der Waals surface area contributed by atoms with E-state index < -0.39 is 0 Å². The van der Waals surface area contributed by atoms with Gasteiger partial charge in [-0.25, -0.2) is 0 Å². The maximum absolute atomic E-state index is 11.6. The van der Waals surface area contributed by atoms with Crippen molar-refractivity contribution in [1.29, 1.82) is 0 Å². The molecule has 0 unspecified atom stereocenters. The Morgan fingerprint density at radius 1 is 1.67 bits per heavy atom. The first kappa shape index (κ1) is 12.0. The Kier molecular flexibility index (Phi) is 4.53. The number of hydrogen-bond donors (Lipinski definition) is 1. The van der Waals surface area contributed by atoms with E-state index >= 15 is 0 Å². The molecule has 15 heavy (non-hydrogen) atoms. The fraction of sp³-hybridized carbons (Fsp3) is 0.667. The lowest BCUT2D eigenvalue weighted by molar-refractivity contribution is -0.114. The molecule has 1 amide bonds. The average Bonchev–Trinajstić information content (AvgIpc) is 3.05. The Morgan fingerprint density at radius 3 is 2.80 bits per heavy atom. The summed E-state index contributed by atoms with van der Waals surface area (Å²) in [5.74, 6) is 0.612. The minimum Gasteiger partial charge on any atom is -0.350 e. The predicted octanol–water partition coefficient (Wildman–Crippen LogP) is 1.94. The number of hydrogen-bond acceptors (Lipinski definition) is 2. The van der Waals surface area contributed by atoms with E-state index in [-0.39, 0.29) is 11.9 Å². The highest BCUT2D eigenvalue weighted by Gasteiger charge is 2.22. The topological polar surface area (TPSA) is 41.5 Å². The number of carbonyl (C=O) groups is 1. The van der Waals surface area contributed by atoms with Crippen LogP contribution in [0.4, 0.5) is 0 Å². The number of aliphatic imine (C=N–C) groups is 1. The Bertz CT molecular complexity index is 267. The van der Waals surface area contributed by atoms with Gasteiger partial charge in [-0.1, -0.05) is 13.5 Å². The number of rotatable bonds is 6. The van der Waals surface area contributed by atoms with Gasteiger partial charge in [-0.2, -0.15) is 0 Å². The van der Waals surface area contributed by atoms with E-state index in [0.717, 1.165) is 13.0 Å². The van der Waals surface area contributed by atoms with E-state index in [4.69, 9.17) is 0 Å². The van der Waals surface area contributed by atoms with Gasteiger partial charge in [0.05, 0.1) is 0 Å². The van der Waals surface area contributed by atoms with Crippen LogP contribution in [0.1, 0.15) is 33.1 Å². The molecule has 3 heteroatoms. The number of carbonyl (C=O) groups excluding carboxylic acids is 1. The lowest BCUT2D eigenvalue weighted by Gasteiger charge is -2.07. The Morgan fingerprint density at radius 2 is 2.33 bits per heavy atom. The first-order valence-corrected chi connectivity index (χ1v) is 5.65. The van der Waals surface area contributed by atoms with Gasteiger partial charge in [0.1, 0.15) is 5.71 Å². The summed E-state index contributed by atoms with van der Waals surface area (Å²) < 4.78 is 0. The molecule has 1 rings (SSSR count). The summed E-state index contributed by atoms with van der Waals surface area (Å²) in [5.41, 5.74) is 0.463. The summed E-state index contributed by atoms with van der Waals surface area (Å²) in [5, 5.41) is 2.88. The fourth-order valence-corrected chi connectivity index (χ4v) is 1.18. The van der Waals surface area contributed by atoms with Crippen LogP contribution in [0.5, 0.6) is 0 Å². The van der Waals surface area contributed by atoms with Gasteiger partial charge in [-0.3, -0.25) is 9.79 Å². The van der Waals surface area contributed by atoms with Crippen LogP contribution in [0.2, 0.25) is 0 Å². The number of nitrogens with one attached hydrogen (secondary N) is 1. The van der Waals surface area contributed by atoms with E-state index in [1.54, 1.807) is 0 Å². The average molecular weight is 208 g/mol. The molecule has 0 aromatic carbocycles. The van der Waals surface area contributed by atoms with Crippen molar-refractivity contribution in [2.75, 3.05) is 6.54 Å². The van der Waals surface area contributed by atoms with Crippen molar-refractivity contribution in [1.82, 2.24) is 5.32 Å². The lowest BCUT2D eigenvalue weighted by atomic mass is 10.2. The zero-order chi connectivity index (χ0) is 11.3. The highest BCUT2D eigenvalue weighted by molar-refractivity contribution is 6.43. The predicted molar refractivity (Wildman–Crippen MR) is 63.1 cm³/mol. The molecule has 0 aromatic rings. The molecular weight excluding hydrogens is 188 g/mol. The molecule has 1 saturated carbocycles. The summed E-state index contributed by atoms with van der Waals surface area (Å²) in [4.78, 5) is 15.9. The van der Waals surface area contributed by atoms with Crippen molar-refractivity contribution in [2.24, 2.45) is 10.9 Å². The summed E-state index contributed by atoms with van der Waals surface area (Å²) >= 11 is 0. The standard InChI is InChI=1S/C12H20N2O/c1-4-9(3)14-11(5-2)12(15)13-8-10-6-7-10/h5,9-10H,2,4,6-8H2,1,3H3,(H,13,15)/b14-11+/t9-/m0/s1. The first-order chi connectivity index (χ1) is 7.17. The molecule has 1 aliphatic carbocycles. The molecule has 1 atom stereocenters. The monoisotopic (exact) mass is 208 g/mol. The molecule has 3 nitrogen and oxygen atoms in total. The second-order valence-electron chi connectivity index (χ2n) is 4.13. The van der Waals surface area contributed by atoms with Gasteiger partial charge in [-0.15, -0.1) is 0 Å². The molecule has 0 bridgehead atoms. The molecular formula is C12H20N2O. The molecule has 0 aliphatic heterocycles. The van der Waals surface area contributed by atoms with Crippen LogP contribution in [0, 0.1) is 5.92 Å². The van der Waals surface area contributed by atoms with Gasteiger partial charge < -0.3 is 5.32 Å². The summed E-state index contributed by atoms with van der Waals surface area (Å²) in [6.07, 6.45) is 4.96. The third kappa shape index (κ3) is 4.28. The van der Waals surface area contributed by atoms with Crippen LogP contribution in [0.15, 0.2) is 17.6 Å². The molecule has 0 spiro atoms. The van der Waals surface area contributed by atoms with Crippen LogP contribution in [-0.4, -0.2) is 24.2 Å². The fourth-order valence-electron chi connectivity index (χ4n) is 1.18. The van der Waals surface area contributed by atoms with E-state index in [1.165, 1.54) is 18.9 Å². The summed E-state index contributed by atoms with van der Waals surface area (Å²) in [6.45, 7) is 8.45. The highest BCUT2D eigenvalue weighted by atomic mass is 16.1. The van der Waals surface area contributed by atoms with Crippen molar-refractivity contribution < 1.29 is 4.79 Å². The quantitative estimate of drug-likeness (QED) is 0.666. The first-order valence-electron chi connectivity index (χ1n) is 5.65. The van der Waals surface area contributed by atoms with Crippen LogP contribution in [-0.2, 0) is 4.79 Å². The molecule has 84 valence electrons. The second kappa shape index (κ2) is 5.69. The van der Waals surface area contributed by atoms with Gasteiger partial charge in [0.2, 0.25) is 0 Å². The highest BCUT2D eigenvalue weighted by Crippen LogP contribution is 2.27. The number of amides is 1. The van der Waals surface area contributed by atoms with Crippen LogP contribution >= 0.6 is 0 Å². The Hall–Kier alpha value is -1.12. The van der Waals surface area contributed by atoms with Crippen LogP contribution in [0.25, 0.3) is 0 Å². The third-order valence-electron chi connectivity index (χ3n) is 2.62. The van der Waals surface area contributed by atoms with Crippen molar-refractivity contribution >= 4 is 11.6 Å². The van der Waals surface area contributed by atoms with Gasteiger partial charge in [-0.05, 0) is 38.2 Å². The summed E-state index contributed by atoms with van der Waals surface area (Å²) in [6, 6.07) is 0.185. The largest absolute Gasteiger partial charge is 0.350 e. The van der Waals surface area contributed by atoms with Gasteiger partial charge in [0.15, 0.2) is 0 Å². The second-order valence-corrected chi connectivity index (χ2v) is 4.13. The Balaban J connectivity index is 2.44. The van der Waals surface area contributed by atoms with Crippen LogP contribution < -0.4 is 5.32 Å². The Labute approximate surface area is 91.7 Å². The smallest absolute Gasteiger partial charge is 0.269 e. The van der Waals surface area contributed by atoms with Crippen LogP contribution in [0.3, 0.4) is 0 Å². The molecule has 1 fully saturated rings. The zero-order valence-corrected chi connectivity index (χ0v) is 9.62. The maximum Gasteiger partial charge on any atom is 0.269 e. The SMILES string of the molecule is C=C/C(=N\[C@@H](C)CC)C(=O)NCC1CC1. The maximum atomic E-state index is 11.6. The molecule has 0 aromatic heterocycles. The molecule has 0 heterocycles. The third-order valence-corrected chi connectivity index (χ3v) is 2.62. The number of nitrogens with zero attached hydrogens (tertiary/aromatic N) is 1. The van der Waals surface area contributed by atoms with Gasteiger partial charge in [0, 0.05) is 12.6 Å². The molecule has 0 radical (unpaired) electrons. The van der Waals surface area contributed by atoms with Gasteiger partial charge in [0.25, 0.3) is 5.91 Å². The normalized spacial score (nSPS) is 18.4. The van der Waals surface area contributed by atoms with E-state index in [0.29, 0.717) is 11.6 Å². The minimum atomic E-state index is -0.0859. The van der Waals surface area contributed by atoms with Crippen molar-refractivity contribution in [3.63, 3.8) is 0 Å². The van der Waals surface area contributed by atoms with Crippen molar-refractivity contribution in [2.45, 2.75) is 39.2 Å². The molecule has 1 N–H and O–H groups in total. The van der Waals surface area contributed by atoms with Gasteiger partial charge >= 0.3 is 0 Å². The van der Waals surface area contributed by atoms with E-state index in [1.807, 2.05) is 6.92 Å². The van der Waals surface area contributed by atoms with Crippen molar-refractivity contribution in [3.05, 3.63) is 12.7 Å². The van der Waals surface area contributed by atoms with E-state index in [2.05, 4.69) is 23.8 Å². The van der Waals surface area contributed by atoms with Crippen molar-refractivity contribution in [3.8, 4) is 0 Å². The lowest BCUT2D eigenvalue weighted by Crippen LogP contribution is -2.32. The minimum absolute atomic E-state index is 0.0859. The zero-order valence-electron chi connectivity index (χ0n) is 9.62. The van der Waals surface area contributed by atoms with E-state index in [9.17, 15) is 4.79 Å².